The number of terminal acetylenes is 1. The maximum Gasteiger partial charge on any atom is 0.0743 e. The molecule has 0 amide bonds. The Bertz CT molecular complexity index is 232. The van der Waals surface area contributed by atoms with E-state index in [0.29, 0.717) is 6.04 Å². The third kappa shape index (κ3) is 3.50. The second kappa shape index (κ2) is 4.26. The molecule has 0 radical (unpaired) electrons. The molecule has 0 bridgehead atoms. The van der Waals surface area contributed by atoms with E-state index in [1.165, 1.54) is 0 Å². The van der Waals surface area contributed by atoms with Gasteiger partial charge in [0.15, 0.2) is 0 Å². The molecule has 1 aliphatic heterocycles. The highest BCUT2D eigenvalue weighted by molar-refractivity contribution is 7.85. The van der Waals surface area contributed by atoms with E-state index in [1.54, 1.807) is 0 Å². The van der Waals surface area contributed by atoms with Gasteiger partial charge in [0.1, 0.15) is 0 Å². The zero-order chi connectivity index (χ0) is 9.90. The lowest BCUT2D eigenvalue weighted by molar-refractivity contribution is 0.383. The molecular formula is C10H17NOS. The maximum absolute atomic E-state index is 11.1. The van der Waals surface area contributed by atoms with Crippen molar-refractivity contribution in [2.75, 3.05) is 11.5 Å². The van der Waals surface area contributed by atoms with Crippen LogP contribution in [-0.4, -0.2) is 27.3 Å². The van der Waals surface area contributed by atoms with E-state index in [2.05, 4.69) is 11.2 Å². The Morgan fingerprint density at radius 3 is 2.46 bits per heavy atom. The fraction of sp³-hybridized carbons (Fsp3) is 0.800. The van der Waals surface area contributed by atoms with Crippen LogP contribution in [0.5, 0.6) is 0 Å². The van der Waals surface area contributed by atoms with Gasteiger partial charge in [-0.3, -0.25) is 9.53 Å². The van der Waals surface area contributed by atoms with Crippen LogP contribution in [0.4, 0.5) is 0 Å². The van der Waals surface area contributed by atoms with Crippen LogP contribution in [0.25, 0.3) is 0 Å². The largest absolute Gasteiger partial charge is 0.299 e. The lowest BCUT2D eigenvalue weighted by Gasteiger charge is -2.30. The molecule has 0 aromatic heterocycles. The van der Waals surface area contributed by atoms with E-state index in [0.717, 1.165) is 24.3 Å². The Balaban J connectivity index is 2.39. The highest BCUT2D eigenvalue weighted by Gasteiger charge is 2.23. The minimum Gasteiger partial charge on any atom is -0.299 e. The van der Waals surface area contributed by atoms with E-state index in [4.69, 9.17) is 6.42 Å². The van der Waals surface area contributed by atoms with Gasteiger partial charge in [-0.25, -0.2) is 0 Å². The van der Waals surface area contributed by atoms with Crippen molar-refractivity contribution in [3.8, 4) is 12.3 Å². The molecule has 3 heteroatoms. The highest BCUT2D eigenvalue weighted by atomic mass is 32.2. The fourth-order valence-electron chi connectivity index (χ4n) is 1.49. The zero-order valence-corrected chi connectivity index (χ0v) is 9.12. The molecule has 1 heterocycles. The summed E-state index contributed by atoms with van der Waals surface area (Å²) in [5, 5.41) is 3.39. The van der Waals surface area contributed by atoms with Crippen LogP contribution in [0, 0.1) is 12.3 Å². The van der Waals surface area contributed by atoms with Crippen LogP contribution in [0.3, 0.4) is 0 Å². The van der Waals surface area contributed by atoms with Crippen LogP contribution in [0.15, 0.2) is 0 Å². The Kier molecular flexibility index (Phi) is 3.52. The van der Waals surface area contributed by atoms with Crippen molar-refractivity contribution in [1.29, 1.82) is 0 Å². The van der Waals surface area contributed by atoms with Crippen molar-refractivity contribution in [3.63, 3.8) is 0 Å². The van der Waals surface area contributed by atoms with Crippen molar-refractivity contribution >= 4 is 10.8 Å². The lowest BCUT2D eigenvalue weighted by Crippen LogP contribution is -2.47. The van der Waals surface area contributed by atoms with E-state index in [-0.39, 0.29) is 5.54 Å². The van der Waals surface area contributed by atoms with Gasteiger partial charge in [0.05, 0.1) is 5.54 Å². The lowest BCUT2D eigenvalue weighted by atomic mass is 10.0. The first kappa shape index (κ1) is 10.7. The molecular weight excluding hydrogens is 182 g/mol. The molecule has 13 heavy (non-hydrogen) atoms. The van der Waals surface area contributed by atoms with Crippen LogP contribution in [-0.2, 0) is 10.8 Å². The normalized spacial score (nSPS) is 29.6. The molecule has 0 spiro atoms. The summed E-state index contributed by atoms with van der Waals surface area (Å²) in [5.41, 5.74) is -0.233. The van der Waals surface area contributed by atoms with Crippen LogP contribution < -0.4 is 5.32 Å². The molecule has 2 nitrogen and oxygen atoms in total. The van der Waals surface area contributed by atoms with Gasteiger partial charge in [0, 0.05) is 28.3 Å². The Morgan fingerprint density at radius 2 is 2.00 bits per heavy atom. The molecule has 1 fully saturated rings. The zero-order valence-electron chi connectivity index (χ0n) is 8.30. The second-order valence-electron chi connectivity index (χ2n) is 4.04. The van der Waals surface area contributed by atoms with E-state index < -0.39 is 10.8 Å². The third-order valence-electron chi connectivity index (χ3n) is 2.31. The first-order valence-corrected chi connectivity index (χ1v) is 6.13. The fourth-order valence-corrected chi connectivity index (χ4v) is 2.79. The van der Waals surface area contributed by atoms with Gasteiger partial charge in [-0.1, -0.05) is 5.92 Å². The first-order chi connectivity index (χ1) is 6.03. The standard InChI is InChI=1S/C10H17NOS/c1-4-10(2,3)11-9-5-7-13(12)8-6-9/h1,9,11H,5-8H2,2-3H3. The van der Waals surface area contributed by atoms with Crippen molar-refractivity contribution in [2.45, 2.75) is 38.3 Å². The number of hydrogen-bond acceptors (Lipinski definition) is 2. The van der Waals surface area contributed by atoms with Gasteiger partial charge in [0.2, 0.25) is 0 Å². The van der Waals surface area contributed by atoms with Crippen LogP contribution in [0.1, 0.15) is 26.7 Å². The number of rotatable bonds is 2. The maximum atomic E-state index is 11.1. The van der Waals surface area contributed by atoms with E-state index in [9.17, 15) is 4.21 Å². The molecule has 0 saturated carbocycles. The van der Waals surface area contributed by atoms with Crippen LogP contribution in [0.2, 0.25) is 0 Å². The summed E-state index contributed by atoms with van der Waals surface area (Å²) in [7, 11) is -0.583. The predicted molar refractivity (Wildman–Crippen MR) is 56.9 cm³/mol. The van der Waals surface area contributed by atoms with Crippen molar-refractivity contribution < 1.29 is 4.21 Å². The summed E-state index contributed by atoms with van der Waals surface area (Å²) in [6.07, 6.45) is 7.35. The van der Waals surface area contributed by atoms with Gasteiger partial charge in [0.25, 0.3) is 0 Å². The molecule has 0 aromatic rings. The molecule has 74 valence electrons. The molecule has 0 aromatic carbocycles. The predicted octanol–water partition coefficient (Wildman–Crippen LogP) is 0.899. The highest BCUT2D eigenvalue weighted by Crippen LogP contribution is 2.12. The number of nitrogens with one attached hydrogen (secondary N) is 1. The van der Waals surface area contributed by atoms with Crippen LogP contribution >= 0.6 is 0 Å². The van der Waals surface area contributed by atoms with Crippen molar-refractivity contribution in [2.24, 2.45) is 0 Å². The van der Waals surface area contributed by atoms with Gasteiger partial charge in [-0.2, -0.15) is 0 Å². The quantitative estimate of drug-likeness (QED) is 0.669. The summed E-state index contributed by atoms with van der Waals surface area (Å²) in [6.45, 7) is 4.00. The minimum atomic E-state index is -0.583. The molecule has 0 aliphatic carbocycles. The molecule has 0 unspecified atom stereocenters. The van der Waals surface area contributed by atoms with Crippen molar-refractivity contribution in [1.82, 2.24) is 5.32 Å². The Morgan fingerprint density at radius 1 is 1.46 bits per heavy atom. The summed E-state index contributed by atoms with van der Waals surface area (Å²) < 4.78 is 11.1. The minimum absolute atomic E-state index is 0.233. The second-order valence-corrected chi connectivity index (χ2v) is 5.73. The third-order valence-corrected chi connectivity index (χ3v) is 3.70. The van der Waals surface area contributed by atoms with Gasteiger partial charge in [-0.15, -0.1) is 6.42 Å². The van der Waals surface area contributed by atoms with Gasteiger partial charge in [-0.05, 0) is 26.7 Å². The summed E-state index contributed by atoms with van der Waals surface area (Å²) in [4.78, 5) is 0. The SMILES string of the molecule is C#CC(C)(C)NC1CCS(=O)CC1. The Hall–Kier alpha value is -0.330. The molecule has 0 atom stereocenters. The van der Waals surface area contributed by atoms with E-state index >= 15 is 0 Å². The van der Waals surface area contributed by atoms with E-state index in [1.807, 2.05) is 13.8 Å². The smallest absolute Gasteiger partial charge is 0.0743 e. The average Bonchev–Trinajstić information content (AvgIpc) is 2.09. The molecule has 1 saturated heterocycles. The topological polar surface area (TPSA) is 29.1 Å². The molecule has 1 aliphatic rings. The number of hydrogen-bond donors (Lipinski definition) is 1. The summed E-state index contributed by atoms with van der Waals surface area (Å²) in [6, 6.07) is 0.448. The van der Waals surface area contributed by atoms with Gasteiger partial charge < -0.3 is 0 Å². The van der Waals surface area contributed by atoms with Gasteiger partial charge >= 0.3 is 0 Å². The average molecular weight is 199 g/mol. The molecule has 1 rings (SSSR count). The summed E-state index contributed by atoms with van der Waals surface area (Å²) >= 11 is 0. The Labute approximate surface area is 82.9 Å². The van der Waals surface area contributed by atoms with Crippen molar-refractivity contribution in [3.05, 3.63) is 0 Å². The monoisotopic (exact) mass is 199 g/mol. The first-order valence-electron chi connectivity index (χ1n) is 4.64. The summed E-state index contributed by atoms with van der Waals surface area (Å²) in [5.74, 6) is 4.35. The molecule has 1 N–H and O–H groups in total.